The SMILES string of the molecule is CCC(C)c1ccc(C(O)Cc2cccc(F)c2F)cc1. The zero-order valence-corrected chi connectivity index (χ0v) is 12.3. The summed E-state index contributed by atoms with van der Waals surface area (Å²) < 4.78 is 26.8. The Labute approximate surface area is 124 Å². The highest BCUT2D eigenvalue weighted by Gasteiger charge is 2.14. The van der Waals surface area contributed by atoms with Crippen LogP contribution in [0.2, 0.25) is 0 Å². The van der Waals surface area contributed by atoms with Crippen molar-refractivity contribution < 1.29 is 13.9 Å². The van der Waals surface area contributed by atoms with E-state index in [-0.39, 0.29) is 12.0 Å². The van der Waals surface area contributed by atoms with Crippen molar-refractivity contribution in [3.05, 3.63) is 70.8 Å². The predicted molar refractivity (Wildman–Crippen MR) is 80.2 cm³/mol. The van der Waals surface area contributed by atoms with Crippen LogP contribution in [0.15, 0.2) is 42.5 Å². The molecular formula is C18H20F2O. The first-order chi connectivity index (χ1) is 10.0. The highest BCUT2D eigenvalue weighted by atomic mass is 19.2. The summed E-state index contributed by atoms with van der Waals surface area (Å²) >= 11 is 0. The zero-order valence-electron chi connectivity index (χ0n) is 12.3. The van der Waals surface area contributed by atoms with Gasteiger partial charge in [0.15, 0.2) is 11.6 Å². The molecule has 1 N–H and O–H groups in total. The van der Waals surface area contributed by atoms with Gasteiger partial charge in [0.05, 0.1) is 6.10 Å². The van der Waals surface area contributed by atoms with Gasteiger partial charge in [0.1, 0.15) is 0 Å². The average Bonchev–Trinajstić information content (AvgIpc) is 2.51. The number of hydrogen-bond donors (Lipinski definition) is 1. The lowest BCUT2D eigenvalue weighted by molar-refractivity contribution is 0.177. The first-order valence-corrected chi connectivity index (χ1v) is 7.23. The second-order valence-electron chi connectivity index (χ2n) is 5.41. The van der Waals surface area contributed by atoms with Gasteiger partial charge in [0.25, 0.3) is 0 Å². The van der Waals surface area contributed by atoms with Crippen LogP contribution in [-0.4, -0.2) is 5.11 Å². The molecule has 0 radical (unpaired) electrons. The molecule has 2 aromatic carbocycles. The molecule has 0 amide bonds. The number of halogens is 2. The minimum atomic E-state index is -0.883. The van der Waals surface area contributed by atoms with Crippen molar-refractivity contribution in [2.45, 2.75) is 38.7 Å². The molecule has 0 aliphatic carbocycles. The smallest absolute Gasteiger partial charge is 0.162 e. The first-order valence-electron chi connectivity index (χ1n) is 7.23. The van der Waals surface area contributed by atoms with Crippen molar-refractivity contribution in [3.8, 4) is 0 Å². The Morgan fingerprint density at radius 1 is 1.00 bits per heavy atom. The van der Waals surface area contributed by atoms with Crippen LogP contribution in [0, 0.1) is 11.6 Å². The summed E-state index contributed by atoms with van der Waals surface area (Å²) in [6.07, 6.45) is 0.273. The highest BCUT2D eigenvalue weighted by Crippen LogP contribution is 2.24. The standard InChI is InChI=1S/C18H20F2O/c1-3-12(2)13-7-9-14(10-8-13)17(21)11-15-5-4-6-16(19)18(15)20/h4-10,12,17,21H,3,11H2,1-2H3. The highest BCUT2D eigenvalue weighted by molar-refractivity contribution is 5.28. The quantitative estimate of drug-likeness (QED) is 0.842. The summed E-state index contributed by atoms with van der Waals surface area (Å²) in [6.45, 7) is 4.27. The third kappa shape index (κ3) is 3.67. The van der Waals surface area contributed by atoms with Gasteiger partial charge in [0, 0.05) is 6.42 Å². The molecule has 0 saturated carbocycles. The number of benzene rings is 2. The molecule has 2 aromatic rings. The van der Waals surface area contributed by atoms with E-state index in [1.54, 1.807) is 0 Å². The molecule has 112 valence electrons. The lowest BCUT2D eigenvalue weighted by atomic mass is 9.95. The fourth-order valence-electron chi connectivity index (χ4n) is 2.31. The monoisotopic (exact) mass is 290 g/mol. The number of aliphatic hydroxyl groups is 1. The van der Waals surface area contributed by atoms with Gasteiger partial charge in [0.2, 0.25) is 0 Å². The van der Waals surface area contributed by atoms with Crippen molar-refractivity contribution in [2.24, 2.45) is 0 Å². The van der Waals surface area contributed by atoms with Crippen LogP contribution in [0.25, 0.3) is 0 Å². The second-order valence-corrected chi connectivity index (χ2v) is 5.41. The molecule has 3 heteroatoms. The van der Waals surface area contributed by atoms with Gasteiger partial charge in [-0.3, -0.25) is 0 Å². The molecule has 0 heterocycles. The van der Waals surface area contributed by atoms with Gasteiger partial charge in [-0.15, -0.1) is 0 Å². The summed E-state index contributed by atoms with van der Waals surface area (Å²) in [5, 5.41) is 10.2. The van der Waals surface area contributed by atoms with Crippen molar-refractivity contribution >= 4 is 0 Å². The fraction of sp³-hybridized carbons (Fsp3) is 0.333. The molecule has 0 aliphatic heterocycles. The van der Waals surface area contributed by atoms with E-state index < -0.39 is 17.7 Å². The minimum Gasteiger partial charge on any atom is -0.388 e. The lowest BCUT2D eigenvalue weighted by Crippen LogP contribution is -2.05. The van der Waals surface area contributed by atoms with Crippen molar-refractivity contribution in [2.75, 3.05) is 0 Å². The molecule has 0 aliphatic rings. The molecule has 0 saturated heterocycles. The average molecular weight is 290 g/mol. The van der Waals surface area contributed by atoms with E-state index in [1.165, 1.54) is 17.7 Å². The molecule has 0 bridgehead atoms. The number of rotatable bonds is 5. The molecule has 0 spiro atoms. The Kier molecular flexibility index (Phi) is 5.07. The number of aliphatic hydroxyl groups excluding tert-OH is 1. The third-order valence-electron chi connectivity index (χ3n) is 3.95. The molecule has 2 atom stereocenters. The molecule has 0 aromatic heterocycles. The van der Waals surface area contributed by atoms with Crippen LogP contribution in [0.5, 0.6) is 0 Å². The number of hydrogen-bond acceptors (Lipinski definition) is 1. The van der Waals surface area contributed by atoms with Gasteiger partial charge in [-0.2, -0.15) is 0 Å². The first kappa shape index (κ1) is 15.6. The third-order valence-corrected chi connectivity index (χ3v) is 3.95. The molecule has 1 nitrogen and oxygen atoms in total. The Hall–Kier alpha value is -1.74. The topological polar surface area (TPSA) is 20.2 Å². The van der Waals surface area contributed by atoms with Crippen molar-refractivity contribution in [3.63, 3.8) is 0 Å². The maximum Gasteiger partial charge on any atom is 0.162 e. The van der Waals surface area contributed by atoms with E-state index in [4.69, 9.17) is 0 Å². The van der Waals surface area contributed by atoms with E-state index in [0.29, 0.717) is 11.5 Å². The van der Waals surface area contributed by atoms with Crippen molar-refractivity contribution in [1.82, 2.24) is 0 Å². The van der Waals surface area contributed by atoms with Gasteiger partial charge in [-0.25, -0.2) is 8.78 Å². The van der Waals surface area contributed by atoms with E-state index in [9.17, 15) is 13.9 Å². The van der Waals surface area contributed by atoms with Crippen LogP contribution in [0.3, 0.4) is 0 Å². The van der Waals surface area contributed by atoms with Crippen LogP contribution in [-0.2, 0) is 6.42 Å². The summed E-state index contributed by atoms with van der Waals surface area (Å²) in [5.41, 5.74) is 2.12. The largest absolute Gasteiger partial charge is 0.388 e. The molecule has 2 unspecified atom stereocenters. The maximum atomic E-state index is 13.6. The maximum absolute atomic E-state index is 13.6. The lowest BCUT2D eigenvalue weighted by Gasteiger charge is -2.14. The Morgan fingerprint density at radius 2 is 1.62 bits per heavy atom. The van der Waals surface area contributed by atoms with Crippen molar-refractivity contribution in [1.29, 1.82) is 0 Å². The summed E-state index contributed by atoms with van der Waals surface area (Å²) in [7, 11) is 0. The van der Waals surface area contributed by atoms with E-state index in [1.807, 2.05) is 24.3 Å². The second kappa shape index (κ2) is 6.81. The Bertz CT molecular complexity index is 593. The Morgan fingerprint density at radius 3 is 2.24 bits per heavy atom. The van der Waals surface area contributed by atoms with Gasteiger partial charge < -0.3 is 5.11 Å². The Balaban J connectivity index is 2.13. The zero-order chi connectivity index (χ0) is 15.4. The molecular weight excluding hydrogens is 270 g/mol. The summed E-state index contributed by atoms with van der Waals surface area (Å²) in [4.78, 5) is 0. The van der Waals surface area contributed by atoms with Gasteiger partial charge in [-0.1, -0.05) is 50.2 Å². The van der Waals surface area contributed by atoms with E-state index >= 15 is 0 Å². The summed E-state index contributed by atoms with van der Waals surface area (Å²) in [5.74, 6) is -1.29. The van der Waals surface area contributed by atoms with E-state index in [2.05, 4.69) is 13.8 Å². The van der Waals surface area contributed by atoms with Crippen LogP contribution < -0.4 is 0 Å². The molecule has 0 fully saturated rings. The van der Waals surface area contributed by atoms with Gasteiger partial charge in [-0.05, 0) is 35.1 Å². The molecule has 2 rings (SSSR count). The van der Waals surface area contributed by atoms with Crippen LogP contribution in [0.4, 0.5) is 8.78 Å². The van der Waals surface area contributed by atoms with E-state index in [0.717, 1.165) is 12.5 Å². The fourth-order valence-corrected chi connectivity index (χ4v) is 2.31. The van der Waals surface area contributed by atoms with Crippen LogP contribution >= 0.6 is 0 Å². The minimum absolute atomic E-state index is 0.0618. The van der Waals surface area contributed by atoms with Crippen LogP contribution in [0.1, 0.15) is 49.0 Å². The normalized spacial score (nSPS) is 14.0. The molecule has 21 heavy (non-hydrogen) atoms. The predicted octanol–water partition coefficient (Wildman–Crippen LogP) is 4.75. The summed E-state index contributed by atoms with van der Waals surface area (Å²) in [6, 6.07) is 11.7. The van der Waals surface area contributed by atoms with Gasteiger partial charge >= 0.3 is 0 Å².